The molecule has 2 aromatic carbocycles. The van der Waals surface area contributed by atoms with Crippen LogP contribution in [0.2, 0.25) is 0 Å². The van der Waals surface area contributed by atoms with Crippen molar-refractivity contribution < 1.29 is 8.42 Å². The quantitative estimate of drug-likeness (QED) is 0.462. The summed E-state index contributed by atoms with van der Waals surface area (Å²) < 4.78 is 27.3. The maximum absolute atomic E-state index is 12.4. The molecule has 8 nitrogen and oxygen atoms in total. The van der Waals surface area contributed by atoms with Gasteiger partial charge in [-0.25, -0.2) is 18.1 Å². The van der Waals surface area contributed by atoms with E-state index in [9.17, 15) is 8.42 Å². The van der Waals surface area contributed by atoms with Gasteiger partial charge in [0.25, 0.3) is 0 Å². The maximum atomic E-state index is 12.4. The summed E-state index contributed by atoms with van der Waals surface area (Å²) in [4.78, 5) is 8.60. The van der Waals surface area contributed by atoms with Crippen LogP contribution in [0.3, 0.4) is 0 Å². The van der Waals surface area contributed by atoms with Crippen LogP contribution in [0.15, 0.2) is 53.4 Å². The monoisotopic (exact) mass is 436 g/mol. The number of sulfonamides is 1. The van der Waals surface area contributed by atoms with Crippen molar-refractivity contribution in [3.05, 3.63) is 65.2 Å². The molecule has 0 spiro atoms. The van der Waals surface area contributed by atoms with E-state index in [0.717, 1.165) is 22.4 Å². The molecule has 3 rings (SSSR count). The predicted molar refractivity (Wildman–Crippen MR) is 121 cm³/mol. The molecule has 1 aromatic heterocycles. The number of aromatic nitrogens is 2. The largest absolute Gasteiger partial charge is 0.370 e. The number of nitriles is 1. The molecule has 0 fully saturated rings. The van der Waals surface area contributed by atoms with Gasteiger partial charge in [-0.1, -0.05) is 23.3 Å². The number of aryl methyl sites for hydroxylation is 2. The third-order valence-corrected chi connectivity index (χ3v) is 5.94. The average molecular weight is 437 g/mol. The first-order valence-electron chi connectivity index (χ1n) is 9.74. The first-order valence-corrected chi connectivity index (χ1v) is 11.2. The van der Waals surface area contributed by atoms with Crippen LogP contribution in [-0.4, -0.2) is 31.5 Å². The molecular formula is C22H24N6O2S. The van der Waals surface area contributed by atoms with E-state index >= 15 is 0 Å². The van der Waals surface area contributed by atoms with Crippen LogP contribution >= 0.6 is 0 Å². The summed E-state index contributed by atoms with van der Waals surface area (Å²) in [6.45, 7) is 4.77. The van der Waals surface area contributed by atoms with Crippen LogP contribution in [-0.2, 0) is 10.0 Å². The molecule has 0 amide bonds. The van der Waals surface area contributed by atoms with Crippen molar-refractivity contribution in [1.82, 2.24) is 14.7 Å². The first kappa shape index (κ1) is 22.2. The zero-order valence-electron chi connectivity index (χ0n) is 17.4. The Bertz CT molecular complexity index is 1210. The number of nitrogen functional groups attached to an aromatic ring is 1. The molecule has 0 aliphatic carbocycles. The highest BCUT2D eigenvalue weighted by Crippen LogP contribution is 2.23. The summed E-state index contributed by atoms with van der Waals surface area (Å²) >= 11 is 0. The number of nitrogens with two attached hydrogens (primary N) is 1. The third kappa shape index (κ3) is 6.01. The van der Waals surface area contributed by atoms with Crippen LogP contribution in [0.1, 0.15) is 23.1 Å². The van der Waals surface area contributed by atoms with Gasteiger partial charge < -0.3 is 11.1 Å². The Hall–Kier alpha value is -3.48. The lowest BCUT2D eigenvalue weighted by atomic mass is 10.0. The highest BCUT2D eigenvalue weighted by molar-refractivity contribution is 7.89. The van der Waals surface area contributed by atoms with Crippen molar-refractivity contribution in [2.24, 2.45) is 0 Å². The van der Waals surface area contributed by atoms with Crippen molar-refractivity contribution in [1.29, 1.82) is 5.26 Å². The number of anilines is 2. The highest BCUT2D eigenvalue weighted by Gasteiger charge is 2.13. The Balaban J connectivity index is 1.58. The highest BCUT2D eigenvalue weighted by atomic mass is 32.2. The normalized spacial score (nSPS) is 11.1. The van der Waals surface area contributed by atoms with Gasteiger partial charge in [0.05, 0.1) is 22.2 Å². The zero-order valence-corrected chi connectivity index (χ0v) is 18.2. The minimum Gasteiger partial charge on any atom is -0.370 e. The van der Waals surface area contributed by atoms with Crippen molar-refractivity contribution in [2.45, 2.75) is 25.2 Å². The van der Waals surface area contributed by atoms with Gasteiger partial charge in [0, 0.05) is 24.7 Å². The molecule has 1 heterocycles. The third-order valence-electron chi connectivity index (χ3n) is 4.49. The fourth-order valence-corrected chi connectivity index (χ4v) is 4.27. The Morgan fingerprint density at radius 1 is 1.03 bits per heavy atom. The van der Waals surface area contributed by atoms with E-state index in [-0.39, 0.29) is 17.4 Å². The molecule has 160 valence electrons. The Kier molecular flexibility index (Phi) is 6.84. The Labute approximate surface area is 182 Å². The first-order chi connectivity index (χ1) is 14.8. The van der Waals surface area contributed by atoms with Gasteiger partial charge in [0.2, 0.25) is 16.0 Å². The lowest BCUT2D eigenvalue weighted by molar-refractivity contribution is 0.580. The Morgan fingerprint density at radius 3 is 2.48 bits per heavy atom. The van der Waals surface area contributed by atoms with E-state index < -0.39 is 10.0 Å². The average Bonchev–Trinajstić information content (AvgIpc) is 2.72. The van der Waals surface area contributed by atoms with Crippen LogP contribution in [0.25, 0.3) is 11.3 Å². The SMILES string of the molecule is Cc1cc(C)cc(-c2cc(NCCCNS(=O)(=O)c3cccc(C#N)c3)nc(N)n2)c1. The molecule has 0 bridgehead atoms. The van der Waals surface area contributed by atoms with E-state index in [1.54, 1.807) is 12.1 Å². The van der Waals surface area contributed by atoms with Crippen LogP contribution in [0.4, 0.5) is 11.8 Å². The number of hydrogen-bond donors (Lipinski definition) is 3. The maximum Gasteiger partial charge on any atom is 0.240 e. The zero-order chi connectivity index (χ0) is 22.4. The summed E-state index contributed by atoms with van der Waals surface area (Å²) in [6.07, 6.45) is 0.528. The molecule has 4 N–H and O–H groups in total. The van der Waals surface area contributed by atoms with Gasteiger partial charge in [-0.05, 0) is 50.6 Å². The van der Waals surface area contributed by atoms with Gasteiger partial charge >= 0.3 is 0 Å². The smallest absolute Gasteiger partial charge is 0.240 e. The molecule has 0 aliphatic rings. The summed E-state index contributed by atoms with van der Waals surface area (Å²) in [7, 11) is -3.67. The molecule has 0 aliphatic heterocycles. The van der Waals surface area contributed by atoms with Gasteiger partial charge in [-0.3, -0.25) is 0 Å². The lowest BCUT2D eigenvalue weighted by Gasteiger charge is -2.10. The van der Waals surface area contributed by atoms with Gasteiger partial charge in [0.1, 0.15) is 5.82 Å². The molecule has 0 unspecified atom stereocenters. The standard InChI is InChI=1S/C22H24N6O2S/c1-15-9-16(2)11-18(10-15)20-13-21(28-22(24)27-20)25-7-4-8-26-31(29,30)19-6-3-5-17(12-19)14-23/h3,5-6,9-13,26H,4,7-8H2,1-2H3,(H3,24,25,27,28). The van der Waals surface area contributed by atoms with Crippen LogP contribution in [0, 0.1) is 25.2 Å². The summed E-state index contributed by atoms with van der Waals surface area (Å²) in [5.41, 5.74) is 10.1. The summed E-state index contributed by atoms with van der Waals surface area (Å²) in [5, 5.41) is 12.1. The molecule has 31 heavy (non-hydrogen) atoms. The summed E-state index contributed by atoms with van der Waals surface area (Å²) in [5.74, 6) is 0.739. The fourth-order valence-electron chi connectivity index (χ4n) is 3.15. The number of nitrogens with one attached hydrogen (secondary N) is 2. The molecule has 3 aromatic rings. The second-order valence-corrected chi connectivity index (χ2v) is 8.96. The van der Waals surface area contributed by atoms with E-state index in [1.807, 2.05) is 38.1 Å². The van der Waals surface area contributed by atoms with E-state index in [0.29, 0.717) is 24.3 Å². The van der Waals surface area contributed by atoms with Crippen molar-refractivity contribution in [3.8, 4) is 17.3 Å². The van der Waals surface area contributed by atoms with Crippen molar-refractivity contribution in [2.75, 3.05) is 24.1 Å². The predicted octanol–water partition coefficient (Wildman–Crippen LogP) is 2.99. The molecule has 0 saturated carbocycles. The fraction of sp³-hybridized carbons (Fsp3) is 0.227. The topological polar surface area (TPSA) is 134 Å². The molecule has 9 heteroatoms. The lowest BCUT2D eigenvalue weighted by Crippen LogP contribution is -2.26. The van der Waals surface area contributed by atoms with E-state index in [2.05, 4.69) is 26.1 Å². The number of rotatable bonds is 8. The summed E-state index contributed by atoms with van der Waals surface area (Å²) in [6, 6.07) is 15.8. The van der Waals surface area contributed by atoms with Gasteiger partial charge in [-0.2, -0.15) is 10.2 Å². The number of hydrogen-bond acceptors (Lipinski definition) is 7. The van der Waals surface area contributed by atoms with Crippen molar-refractivity contribution in [3.63, 3.8) is 0 Å². The molecule has 0 saturated heterocycles. The van der Waals surface area contributed by atoms with Crippen molar-refractivity contribution >= 4 is 21.8 Å². The van der Waals surface area contributed by atoms with Gasteiger partial charge in [-0.15, -0.1) is 0 Å². The van der Waals surface area contributed by atoms with Gasteiger partial charge in [0.15, 0.2) is 0 Å². The number of benzene rings is 2. The van der Waals surface area contributed by atoms with Crippen LogP contribution in [0.5, 0.6) is 0 Å². The number of nitrogens with zero attached hydrogens (tertiary/aromatic N) is 3. The minimum absolute atomic E-state index is 0.0705. The second kappa shape index (κ2) is 9.55. The molecule has 0 radical (unpaired) electrons. The Morgan fingerprint density at radius 2 is 1.77 bits per heavy atom. The minimum atomic E-state index is -3.67. The van der Waals surface area contributed by atoms with Crippen LogP contribution < -0.4 is 15.8 Å². The molecule has 0 atom stereocenters. The van der Waals surface area contributed by atoms with E-state index in [4.69, 9.17) is 11.0 Å². The molecular weight excluding hydrogens is 412 g/mol. The second-order valence-electron chi connectivity index (χ2n) is 7.19. The van der Waals surface area contributed by atoms with E-state index in [1.165, 1.54) is 12.1 Å².